The maximum atomic E-state index is 9.19. The molecule has 1 aromatic carbocycles. The van der Waals surface area contributed by atoms with Crippen molar-refractivity contribution < 1.29 is 0 Å². The molecule has 0 saturated carbocycles. The summed E-state index contributed by atoms with van der Waals surface area (Å²) in [7, 11) is 0. The first-order valence-electron chi connectivity index (χ1n) is 5.20. The second kappa shape index (κ2) is 4.11. The van der Waals surface area contributed by atoms with Gasteiger partial charge in [0.1, 0.15) is 6.07 Å². The van der Waals surface area contributed by atoms with Gasteiger partial charge in [-0.1, -0.05) is 29.8 Å². The maximum Gasteiger partial charge on any atom is 0.101 e. The number of thiophene rings is 1. The normalized spacial score (nSPS) is 10.1. The summed E-state index contributed by atoms with van der Waals surface area (Å²) in [4.78, 5) is 2.33. The standard InChI is InChI=1S/C14H13NS/c1-9-4-6-12(7-5-9)14-11(3)16-10(2)13(14)8-15/h4-7H,1-3H3. The summed E-state index contributed by atoms with van der Waals surface area (Å²) in [5.74, 6) is 0. The minimum Gasteiger partial charge on any atom is -0.192 e. The SMILES string of the molecule is Cc1ccc(-c2c(C)sc(C)c2C#N)cc1. The number of aryl methyl sites for hydroxylation is 3. The lowest BCUT2D eigenvalue weighted by molar-refractivity contribution is 1.44. The summed E-state index contributed by atoms with van der Waals surface area (Å²) in [6, 6.07) is 10.7. The van der Waals surface area contributed by atoms with Crippen molar-refractivity contribution in [3.63, 3.8) is 0 Å². The Labute approximate surface area is 100.0 Å². The molecule has 2 rings (SSSR count). The van der Waals surface area contributed by atoms with Crippen molar-refractivity contribution in [1.82, 2.24) is 0 Å². The average Bonchev–Trinajstić information content (AvgIpc) is 2.54. The number of nitriles is 1. The van der Waals surface area contributed by atoms with E-state index in [0.717, 1.165) is 21.6 Å². The lowest BCUT2D eigenvalue weighted by atomic mass is 10.0. The van der Waals surface area contributed by atoms with Crippen molar-refractivity contribution in [2.75, 3.05) is 0 Å². The van der Waals surface area contributed by atoms with Crippen molar-refractivity contribution >= 4 is 11.3 Å². The molecule has 0 bridgehead atoms. The number of rotatable bonds is 1. The Morgan fingerprint density at radius 1 is 1.00 bits per heavy atom. The Balaban J connectivity index is 2.64. The fourth-order valence-corrected chi connectivity index (χ4v) is 2.92. The molecule has 0 unspecified atom stereocenters. The molecular formula is C14H13NS. The third-order valence-corrected chi connectivity index (χ3v) is 3.73. The van der Waals surface area contributed by atoms with E-state index < -0.39 is 0 Å². The summed E-state index contributed by atoms with van der Waals surface area (Å²) >= 11 is 1.70. The van der Waals surface area contributed by atoms with Crippen molar-refractivity contribution in [2.24, 2.45) is 0 Å². The van der Waals surface area contributed by atoms with E-state index in [1.807, 2.05) is 6.92 Å². The van der Waals surface area contributed by atoms with Crippen LogP contribution in [-0.2, 0) is 0 Å². The first-order valence-corrected chi connectivity index (χ1v) is 6.02. The van der Waals surface area contributed by atoms with Gasteiger partial charge in [0.05, 0.1) is 5.56 Å². The molecule has 80 valence electrons. The van der Waals surface area contributed by atoms with Crippen molar-refractivity contribution in [3.05, 3.63) is 45.1 Å². The summed E-state index contributed by atoms with van der Waals surface area (Å²) in [5, 5.41) is 9.19. The molecule has 0 aliphatic rings. The molecule has 0 saturated heterocycles. The van der Waals surface area contributed by atoms with Crippen molar-refractivity contribution in [2.45, 2.75) is 20.8 Å². The van der Waals surface area contributed by atoms with Crippen LogP contribution in [0.2, 0.25) is 0 Å². The monoisotopic (exact) mass is 227 g/mol. The van der Waals surface area contributed by atoms with E-state index in [-0.39, 0.29) is 0 Å². The number of nitrogens with zero attached hydrogens (tertiary/aromatic N) is 1. The number of benzene rings is 1. The summed E-state index contributed by atoms with van der Waals surface area (Å²) in [6.45, 7) is 6.16. The molecule has 16 heavy (non-hydrogen) atoms. The predicted molar refractivity (Wildman–Crippen MR) is 68.7 cm³/mol. The van der Waals surface area contributed by atoms with Crippen LogP contribution in [0.4, 0.5) is 0 Å². The topological polar surface area (TPSA) is 23.8 Å². The van der Waals surface area contributed by atoms with E-state index in [9.17, 15) is 5.26 Å². The van der Waals surface area contributed by atoms with Crippen molar-refractivity contribution in [1.29, 1.82) is 5.26 Å². The lowest BCUT2D eigenvalue weighted by Crippen LogP contribution is -1.83. The van der Waals surface area contributed by atoms with Gasteiger partial charge in [0.15, 0.2) is 0 Å². The predicted octanol–water partition coefficient (Wildman–Crippen LogP) is 4.21. The summed E-state index contributed by atoms with van der Waals surface area (Å²) < 4.78 is 0. The highest BCUT2D eigenvalue weighted by Gasteiger charge is 2.13. The van der Waals surface area contributed by atoms with Gasteiger partial charge in [-0.15, -0.1) is 11.3 Å². The van der Waals surface area contributed by atoms with Crippen LogP contribution in [0.5, 0.6) is 0 Å². The van der Waals surface area contributed by atoms with Crippen LogP contribution in [0.3, 0.4) is 0 Å². The molecule has 1 aromatic heterocycles. The third kappa shape index (κ3) is 1.75. The zero-order valence-electron chi connectivity index (χ0n) is 9.66. The molecule has 2 heteroatoms. The highest BCUT2D eigenvalue weighted by Crippen LogP contribution is 2.35. The molecular weight excluding hydrogens is 214 g/mol. The Kier molecular flexibility index (Phi) is 2.80. The quantitative estimate of drug-likeness (QED) is 0.715. The summed E-state index contributed by atoms with van der Waals surface area (Å²) in [5.41, 5.74) is 4.31. The van der Waals surface area contributed by atoms with Gasteiger partial charge in [-0.3, -0.25) is 0 Å². The molecule has 0 aliphatic carbocycles. The molecule has 1 heterocycles. The van der Waals surface area contributed by atoms with Crippen LogP contribution in [-0.4, -0.2) is 0 Å². The first-order chi connectivity index (χ1) is 7.63. The van der Waals surface area contributed by atoms with Gasteiger partial charge in [-0.25, -0.2) is 0 Å². The van der Waals surface area contributed by atoms with Gasteiger partial charge in [0.25, 0.3) is 0 Å². The fraction of sp³-hybridized carbons (Fsp3) is 0.214. The highest BCUT2D eigenvalue weighted by molar-refractivity contribution is 7.12. The Hall–Kier alpha value is -1.59. The van der Waals surface area contributed by atoms with E-state index in [0.29, 0.717) is 0 Å². The lowest BCUT2D eigenvalue weighted by Gasteiger charge is -2.02. The van der Waals surface area contributed by atoms with Gasteiger partial charge in [-0.05, 0) is 26.3 Å². The molecule has 0 spiro atoms. The van der Waals surface area contributed by atoms with Crippen LogP contribution in [0.1, 0.15) is 20.9 Å². The average molecular weight is 227 g/mol. The zero-order chi connectivity index (χ0) is 11.7. The van der Waals surface area contributed by atoms with Crippen LogP contribution >= 0.6 is 11.3 Å². The fourth-order valence-electron chi connectivity index (χ4n) is 1.89. The Bertz CT molecular complexity index is 556. The largest absolute Gasteiger partial charge is 0.192 e. The smallest absolute Gasteiger partial charge is 0.101 e. The van der Waals surface area contributed by atoms with E-state index in [1.165, 1.54) is 10.4 Å². The first kappa shape index (κ1) is 10.9. The van der Waals surface area contributed by atoms with Crippen LogP contribution in [0, 0.1) is 32.1 Å². The van der Waals surface area contributed by atoms with Gasteiger partial charge in [0, 0.05) is 15.3 Å². The molecule has 0 fully saturated rings. The van der Waals surface area contributed by atoms with Gasteiger partial charge in [0.2, 0.25) is 0 Å². The number of hydrogen-bond acceptors (Lipinski definition) is 2. The molecule has 2 aromatic rings. The van der Waals surface area contributed by atoms with Crippen molar-refractivity contribution in [3.8, 4) is 17.2 Å². The van der Waals surface area contributed by atoms with E-state index in [2.05, 4.69) is 44.2 Å². The second-order valence-corrected chi connectivity index (χ2v) is 5.37. The molecule has 0 aliphatic heterocycles. The second-order valence-electron chi connectivity index (χ2n) is 3.94. The number of hydrogen-bond donors (Lipinski definition) is 0. The third-order valence-electron chi connectivity index (χ3n) is 2.71. The Morgan fingerprint density at radius 3 is 2.19 bits per heavy atom. The minimum atomic E-state index is 0.825. The van der Waals surface area contributed by atoms with Crippen LogP contribution < -0.4 is 0 Å². The highest BCUT2D eigenvalue weighted by atomic mass is 32.1. The maximum absolute atomic E-state index is 9.19. The van der Waals surface area contributed by atoms with E-state index >= 15 is 0 Å². The van der Waals surface area contributed by atoms with Gasteiger partial charge < -0.3 is 0 Å². The molecule has 1 nitrogen and oxygen atoms in total. The van der Waals surface area contributed by atoms with Crippen LogP contribution in [0.15, 0.2) is 24.3 Å². The molecule has 0 radical (unpaired) electrons. The van der Waals surface area contributed by atoms with Crippen LogP contribution in [0.25, 0.3) is 11.1 Å². The Morgan fingerprint density at radius 2 is 1.62 bits per heavy atom. The summed E-state index contributed by atoms with van der Waals surface area (Å²) in [6.07, 6.45) is 0. The molecule has 0 amide bonds. The van der Waals surface area contributed by atoms with E-state index in [1.54, 1.807) is 11.3 Å². The zero-order valence-corrected chi connectivity index (χ0v) is 10.5. The van der Waals surface area contributed by atoms with E-state index in [4.69, 9.17) is 0 Å². The molecule has 0 N–H and O–H groups in total. The minimum absolute atomic E-state index is 0.825. The van der Waals surface area contributed by atoms with Gasteiger partial charge in [-0.2, -0.15) is 5.26 Å². The molecule has 0 atom stereocenters. The van der Waals surface area contributed by atoms with Gasteiger partial charge >= 0.3 is 0 Å².